The summed E-state index contributed by atoms with van der Waals surface area (Å²) in [5.41, 5.74) is 0.997. The van der Waals surface area contributed by atoms with Crippen molar-refractivity contribution in [3.05, 3.63) is 11.4 Å². The first-order valence-corrected chi connectivity index (χ1v) is 10.7. The fourth-order valence-electron chi connectivity index (χ4n) is 4.20. The number of sulfonamides is 1. The lowest BCUT2D eigenvalue weighted by atomic mass is 9.92. The van der Waals surface area contributed by atoms with Gasteiger partial charge in [-0.3, -0.25) is 9.48 Å². The standard InChI is InChI=1S/C17H29N5O3S.ClH/c1-11-16(13(3)21(4)19-11)26(24,25)20-12(2)17(23)22-7-5-14-9-18-10-15(14)6-8-22;/h12,14-15,18,20H,5-10H2,1-4H3;1H/t12?,14-,15+;. The van der Waals surface area contributed by atoms with Gasteiger partial charge < -0.3 is 10.2 Å². The Morgan fingerprint density at radius 3 is 2.26 bits per heavy atom. The Morgan fingerprint density at radius 1 is 1.22 bits per heavy atom. The Morgan fingerprint density at radius 2 is 1.78 bits per heavy atom. The van der Waals surface area contributed by atoms with Crippen LogP contribution in [-0.2, 0) is 21.9 Å². The molecule has 1 aromatic heterocycles. The Labute approximate surface area is 167 Å². The highest BCUT2D eigenvalue weighted by Gasteiger charge is 2.34. The maximum absolute atomic E-state index is 12.8. The topological polar surface area (TPSA) is 96.3 Å². The highest BCUT2D eigenvalue weighted by molar-refractivity contribution is 7.89. The number of hydrogen-bond donors (Lipinski definition) is 2. The van der Waals surface area contributed by atoms with Crippen LogP contribution in [0, 0.1) is 25.7 Å². The first-order chi connectivity index (χ1) is 12.2. The summed E-state index contributed by atoms with van der Waals surface area (Å²) >= 11 is 0. The van der Waals surface area contributed by atoms with Crippen molar-refractivity contribution in [2.45, 2.75) is 44.6 Å². The van der Waals surface area contributed by atoms with E-state index in [1.807, 2.05) is 4.90 Å². The molecule has 1 amide bonds. The minimum Gasteiger partial charge on any atom is -0.341 e. The van der Waals surface area contributed by atoms with Gasteiger partial charge in [-0.1, -0.05) is 0 Å². The maximum atomic E-state index is 12.8. The molecule has 10 heteroatoms. The van der Waals surface area contributed by atoms with Gasteiger partial charge in [0.25, 0.3) is 0 Å². The van der Waals surface area contributed by atoms with Crippen LogP contribution in [0.3, 0.4) is 0 Å². The molecule has 0 aliphatic carbocycles. The van der Waals surface area contributed by atoms with Gasteiger partial charge in [0.1, 0.15) is 4.90 Å². The third kappa shape index (κ3) is 4.47. The highest BCUT2D eigenvalue weighted by atomic mass is 35.5. The number of aryl methyl sites for hydroxylation is 2. The predicted molar refractivity (Wildman–Crippen MR) is 105 cm³/mol. The van der Waals surface area contributed by atoms with Gasteiger partial charge in [0.15, 0.2) is 0 Å². The molecule has 3 rings (SSSR count). The number of nitrogens with zero attached hydrogens (tertiary/aromatic N) is 3. The number of hydrogen-bond acceptors (Lipinski definition) is 5. The molecule has 8 nitrogen and oxygen atoms in total. The second kappa shape index (κ2) is 8.46. The minimum atomic E-state index is -3.80. The van der Waals surface area contributed by atoms with E-state index in [4.69, 9.17) is 0 Å². The molecule has 2 saturated heterocycles. The second-order valence-electron chi connectivity index (χ2n) is 7.55. The summed E-state index contributed by atoms with van der Waals surface area (Å²) in [7, 11) is -2.09. The molecule has 154 valence electrons. The smallest absolute Gasteiger partial charge is 0.244 e. The average Bonchev–Trinajstić information content (AvgIpc) is 3.04. The molecule has 1 aromatic rings. The molecule has 0 spiro atoms. The van der Waals surface area contributed by atoms with Crippen molar-refractivity contribution >= 4 is 28.3 Å². The summed E-state index contributed by atoms with van der Waals surface area (Å²) in [5, 5.41) is 7.58. The largest absolute Gasteiger partial charge is 0.341 e. The quantitative estimate of drug-likeness (QED) is 0.744. The molecule has 2 N–H and O–H groups in total. The van der Waals surface area contributed by atoms with Crippen LogP contribution in [0.2, 0.25) is 0 Å². The van der Waals surface area contributed by atoms with Crippen LogP contribution in [-0.4, -0.2) is 61.2 Å². The zero-order valence-corrected chi connectivity index (χ0v) is 18.0. The lowest BCUT2D eigenvalue weighted by Gasteiger charge is -2.25. The Kier molecular flexibility index (Phi) is 6.94. The lowest BCUT2D eigenvalue weighted by molar-refractivity contribution is -0.132. The molecular weight excluding hydrogens is 390 g/mol. The van der Waals surface area contributed by atoms with Crippen molar-refractivity contribution in [2.75, 3.05) is 26.2 Å². The Hall–Kier alpha value is -1.16. The summed E-state index contributed by atoms with van der Waals surface area (Å²) in [6, 6.07) is -0.796. The number of likely N-dealkylation sites (tertiary alicyclic amines) is 1. The first-order valence-electron chi connectivity index (χ1n) is 9.22. The summed E-state index contributed by atoms with van der Waals surface area (Å²) in [6.45, 7) is 8.42. The lowest BCUT2D eigenvalue weighted by Crippen LogP contribution is -2.47. The molecule has 3 atom stereocenters. The van der Waals surface area contributed by atoms with Gasteiger partial charge >= 0.3 is 0 Å². The molecule has 0 aromatic carbocycles. The summed E-state index contributed by atoms with van der Waals surface area (Å²) in [5.74, 6) is 1.10. The van der Waals surface area contributed by atoms with E-state index >= 15 is 0 Å². The number of nitrogens with one attached hydrogen (secondary N) is 2. The van der Waals surface area contributed by atoms with Crippen molar-refractivity contribution in [3.8, 4) is 0 Å². The number of aromatic nitrogens is 2. The number of fused-ring (bicyclic) bond motifs is 1. The summed E-state index contributed by atoms with van der Waals surface area (Å²) < 4.78 is 29.6. The van der Waals surface area contributed by atoms with E-state index in [1.54, 1.807) is 27.8 Å². The predicted octanol–water partition coefficient (Wildman–Crippen LogP) is 0.584. The van der Waals surface area contributed by atoms with Gasteiger partial charge in [-0.05, 0) is 58.5 Å². The zero-order chi connectivity index (χ0) is 19.1. The zero-order valence-electron chi connectivity index (χ0n) is 16.4. The molecule has 0 radical (unpaired) electrons. The van der Waals surface area contributed by atoms with Crippen LogP contribution in [0.25, 0.3) is 0 Å². The van der Waals surface area contributed by atoms with E-state index in [0.29, 0.717) is 36.3 Å². The number of carbonyl (C=O) groups is 1. The van der Waals surface area contributed by atoms with Crippen LogP contribution >= 0.6 is 12.4 Å². The van der Waals surface area contributed by atoms with Gasteiger partial charge in [-0.15, -0.1) is 12.4 Å². The van der Waals surface area contributed by atoms with Crippen molar-refractivity contribution in [3.63, 3.8) is 0 Å². The number of halogens is 1. The average molecular weight is 420 g/mol. The van der Waals surface area contributed by atoms with E-state index in [1.165, 1.54) is 4.68 Å². The normalized spacial score (nSPS) is 24.1. The van der Waals surface area contributed by atoms with Crippen molar-refractivity contribution in [1.82, 2.24) is 24.7 Å². The molecule has 0 bridgehead atoms. The van der Waals surface area contributed by atoms with Crippen molar-refractivity contribution in [1.29, 1.82) is 0 Å². The molecule has 2 aliphatic heterocycles. The van der Waals surface area contributed by atoms with Gasteiger partial charge in [-0.25, -0.2) is 8.42 Å². The van der Waals surface area contributed by atoms with Crippen LogP contribution < -0.4 is 10.0 Å². The SMILES string of the molecule is Cc1nn(C)c(C)c1S(=O)(=O)NC(C)C(=O)N1CC[C@@H]2CNC[C@@H]2CC1.Cl. The fourth-order valence-corrected chi connectivity index (χ4v) is 5.83. The van der Waals surface area contributed by atoms with E-state index in [-0.39, 0.29) is 23.2 Å². The molecule has 2 aliphatic rings. The third-order valence-corrected chi connectivity index (χ3v) is 7.54. The van der Waals surface area contributed by atoms with E-state index in [2.05, 4.69) is 15.1 Å². The van der Waals surface area contributed by atoms with E-state index < -0.39 is 16.1 Å². The van der Waals surface area contributed by atoms with Crippen LogP contribution in [0.4, 0.5) is 0 Å². The molecule has 27 heavy (non-hydrogen) atoms. The summed E-state index contributed by atoms with van der Waals surface area (Å²) in [4.78, 5) is 14.8. The van der Waals surface area contributed by atoms with Gasteiger partial charge in [-0.2, -0.15) is 9.82 Å². The van der Waals surface area contributed by atoms with Crippen molar-refractivity contribution in [2.24, 2.45) is 18.9 Å². The number of rotatable bonds is 4. The van der Waals surface area contributed by atoms with Crippen LogP contribution in [0.15, 0.2) is 4.90 Å². The van der Waals surface area contributed by atoms with Crippen molar-refractivity contribution < 1.29 is 13.2 Å². The van der Waals surface area contributed by atoms with Gasteiger partial charge in [0.2, 0.25) is 15.9 Å². The number of carbonyl (C=O) groups excluding carboxylic acids is 1. The Bertz CT molecular complexity index is 781. The minimum absolute atomic E-state index is 0. The molecule has 1 unspecified atom stereocenters. The highest BCUT2D eigenvalue weighted by Crippen LogP contribution is 2.27. The number of amides is 1. The third-order valence-electron chi connectivity index (χ3n) is 5.74. The van der Waals surface area contributed by atoms with Crippen LogP contribution in [0.1, 0.15) is 31.2 Å². The van der Waals surface area contributed by atoms with Gasteiger partial charge in [0, 0.05) is 20.1 Å². The molecule has 3 heterocycles. The fraction of sp³-hybridized carbons (Fsp3) is 0.765. The monoisotopic (exact) mass is 419 g/mol. The van der Waals surface area contributed by atoms with Gasteiger partial charge in [0.05, 0.1) is 17.4 Å². The van der Waals surface area contributed by atoms with E-state index in [9.17, 15) is 13.2 Å². The second-order valence-corrected chi connectivity index (χ2v) is 9.20. The summed E-state index contributed by atoms with van der Waals surface area (Å²) in [6.07, 6.45) is 1.95. The maximum Gasteiger partial charge on any atom is 0.244 e. The Balaban J connectivity index is 0.00000261. The molecule has 2 fully saturated rings. The molecular formula is C17H30ClN5O3S. The first kappa shape index (κ1) is 22.1. The van der Waals surface area contributed by atoms with E-state index in [0.717, 1.165) is 25.9 Å². The van der Waals surface area contributed by atoms with Crippen LogP contribution in [0.5, 0.6) is 0 Å². The molecule has 0 saturated carbocycles.